The Morgan fingerprint density at radius 2 is 1.45 bits per heavy atom. The molecule has 1 aliphatic rings. The SMILES string of the molecule is BrCCN1CCCCCCC1. The average molecular weight is 220 g/mol. The number of rotatable bonds is 2. The molecule has 2 heteroatoms. The molecule has 1 rings (SSSR count). The number of likely N-dealkylation sites (tertiary alicyclic amines) is 1. The summed E-state index contributed by atoms with van der Waals surface area (Å²) in [5.41, 5.74) is 0. The Morgan fingerprint density at radius 1 is 0.909 bits per heavy atom. The first-order valence-corrected chi connectivity index (χ1v) is 5.84. The van der Waals surface area contributed by atoms with Crippen LogP contribution in [0.15, 0.2) is 0 Å². The first kappa shape index (κ1) is 9.53. The fourth-order valence-electron chi connectivity index (χ4n) is 1.66. The van der Waals surface area contributed by atoms with E-state index in [9.17, 15) is 0 Å². The molecule has 0 bridgehead atoms. The molecule has 1 heterocycles. The van der Waals surface area contributed by atoms with E-state index < -0.39 is 0 Å². The van der Waals surface area contributed by atoms with Gasteiger partial charge in [-0.1, -0.05) is 35.2 Å². The lowest BCUT2D eigenvalue weighted by molar-refractivity contribution is 0.262. The molecule has 0 aromatic heterocycles. The van der Waals surface area contributed by atoms with Gasteiger partial charge in [-0.3, -0.25) is 0 Å². The second kappa shape index (κ2) is 6.01. The van der Waals surface area contributed by atoms with Gasteiger partial charge in [0.05, 0.1) is 0 Å². The molecular weight excluding hydrogens is 202 g/mol. The third-order valence-electron chi connectivity index (χ3n) is 2.35. The van der Waals surface area contributed by atoms with E-state index in [1.165, 1.54) is 51.7 Å². The summed E-state index contributed by atoms with van der Waals surface area (Å²) >= 11 is 3.49. The van der Waals surface area contributed by atoms with Gasteiger partial charge in [-0.25, -0.2) is 0 Å². The van der Waals surface area contributed by atoms with Crippen molar-refractivity contribution in [2.24, 2.45) is 0 Å². The largest absolute Gasteiger partial charge is 0.303 e. The highest BCUT2D eigenvalue weighted by Crippen LogP contribution is 2.10. The Kier molecular flexibility index (Phi) is 5.21. The lowest BCUT2D eigenvalue weighted by Gasteiger charge is -2.23. The summed E-state index contributed by atoms with van der Waals surface area (Å²) < 4.78 is 0. The highest BCUT2D eigenvalue weighted by molar-refractivity contribution is 9.09. The second-order valence-corrected chi connectivity index (χ2v) is 4.09. The molecule has 0 N–H and O–H groups in total. The molecule has 1 nitrogen and oxygen atoms in total. The molecule has 1 aliphatic heterocycles. The summed E-state index contributed by atoms with van der Waals surface area (Å²) in [6, 6.07) is 0. The van der Waals surface area contributed by atoms with Crippen molar-refractivity contribution >= 4 is 15.9 Å². The van der Waals surface area contributed by atoms with Gasteiger partial charge in [0.2, 0.25) is 0 Å². The Morgan fingerprint density at radius 3 is 2.00 bits per heavy atom. The monoisotopic (exact) mass is 219 g/mol. The van der Waals surface area contributed by atoms with Gasteiger partial charge in [0.25, 0.3) is 0 Å². The van der Waals surface area contributed by atoms with E-state index in [0.717, 1.165) is 5.33 Å². The van der Waals surface area contributed by atoms with Gasteiger partial charge in [0.1, 0.15) is 0 Å². The smallest absolute Gasteiger partial charge is 0.0159 e. The van der Waals surface area contributed by atoms with Gasteiger partial charge < -0.3 is 4.90 Å². The maximum absolute atomic E-state index is 3.49. The molecule has 0 radical (unpaired) electrons. The Bertz CT molecular complexity index is 87.6. The van der Waals surface area contributed by atoms with Crippen molar-refractivity contribution in [3.05, 3.63) is 0 Å². The molecule has 1 saturated heterocycles. The second-order valence-electron chi connectivity index (χ2n) is 3.30. The first-order valence-electron chi connectivity index (χ1n) is 4.72. The summed E-state index contributed by atoms with van der Waals surface area (Å²) in [7, 11) is 0. The number of alkyl halides is 1. The molecule has 0 unspecified atom stereocenters. The number of nitrogens with zero attached hydrogens (tertiary/aromatic N) is 1. The van der Waals surface area contributed by atoms with Crippen molar-refractivity contribution < 1.29 is 0 Å². The zero-order valence-electron chi connectivity index (χ0n) is 7.19. The van der Waals surface area contributed by atoms with Crippen molar-refractivity contribution in [3.63, 3.8) is 0 Å². The maximum Gasteiger partial charge on any atom is 0.0159 e. The van der Waals surface area contributed by atoms with Crippen LogP contribution in [0.5, 0.6) is 0 Å². The van der Waals surface area contributed by atoms with E-state index in [1.54, 1.807) is 0 Å². The first-order chi connectivity index (χ1) is 5.43. The summed E-state index contributed by atoms with van der Waals surface area (Å²) in [6.45, 7) is 3.89. The van der Waals surface area contributed by atoms with E-state index in [4.69, 9.17) is 0 Å². The van der Waals surface area contributed by atoms with Crippen LogP contribution >= 0.6 is 15.9 Å². The van der Waals surface area contributed by atoms with E-state index >= 15 is 0 Å². The Hall–Kier alpha value is 0.440. The Labute approximate surface area is 78.3 Å². The van der Waals surface area contributed by atoms with Crippen LogP contribution in [0.3, 0.4) is 0 Å². The van der Waals surface area contributed by atoms with E-state index in [1.807, 2.05) is 0 Å². The zero-order chi connectivity index (χ0) is 7.94. The van der Waals surface area contributed by atoms with E-state index in [2.05, 4.69) is 20.8 Å². The van der Waals surface area contributed by atoms with Gasteiger partial charge in [-0.2, -0.15) is 0 Å². The molecule has 0 aliphatic carbocycles. The molecular formula is C9H18BrN. The molecule has 0 saturated carbocycles. The van der Waals surface area contributed by atoms with E-state index in [0.29, 0.717) is 0 Å². The molecule has 66 valence electrons. The van der Waals surface area contributed by atoms with Gasteiger partial charge >= 0.3 is 0 Å². The fourth-order valence-corrected chi connectivity index (χ4v) is 2.16. The third-order valence-corrected chi connectivity index (χ3v) is 2.70. The average Bonchev–Trinajstić information content (AvgIpc) is 1.94. The van der Waals surface area contributed by atoms with Crippen LogP contribution in [-0.2, 0) is 0 Å². The number of halogens is 1. The van der Waals surface area contributed by atoms with Crippen molar-refractivity contribution in [3.8, 4) is 0 Å². The van der Waals surface area contributed by atoms with E-state index in [-0.39, 0.29) is 0 Å². The predicted octanol–water partition coefficient (Wildman–Crippen LogP) is 2.65. The van der Waals surface area contributed by atoms with Crippen molar-refractivity contribution in [1.29, 1.82) is 0 Å². The number of hydrogen-bond acceptors (Lipinski definition) is 1. The topological polar surface area (TPSA) is 3.24 Å². The van der Waals surface area contributed by atoms with Gasteiger partial charge in [-0.05, 0) is 25.9 Å². The Balaban J connectivity index is 2.15. The van der Waals surface area contributed by atoms with Crippen molar-refractivity contribution in [2.45, 2.75) is 32.1 Å². The number of hydrogen-bond donors (Lipinski definition) is 0. The normalized spacial score (nSPS) is 22.6. The summed E-state index contributed by atoms with van der Waals surface area (Å²) in [5, 5.41) is 1.13. The zero-order valence-corrected chi connectivity index (χ0v) is 8.78. The summed E-state index contributed by atoms with van der Waals surface area (Å²) in [4.78, 5) is 2.58. The maximum atomic E-state index is 3.49. The van der Waals surface area contributed by atoms with Crippen molar-refractivity contribution in [1.82, 2.24) is 4.90 Å². The van der Waals surface area contributed by atoms with Crippen molar-refractivity contribution in [2.75, 3.05) is 25.0 Å². The standard InChI is InChI=1S/C9H18BrN/c10-6-9-11-7-4-2-1-3-5-8-11/h1-9H2. The van der Waals surface area contributed by atoms with Gasteiger partial charge in [0.15, 0.2) is 0 Å². The summed E-state index contributed by atoms with van der Waals surface area (Å²) in [5.74, 6) is 0. The van der Waals surface area contributed by atoms with Crippen LogP contribution in [0, 0.1) is 0 Å². The highest BCUT2D eigenvalue weighted by Gasteiger charge is 2.05. The molecule has 11 heavy (non-hydrogen) atoms. The van der Waals surface area contributed by atoms with Crippen LogP contribution < -0.4 is 0 Å². The minimum absolute atomic E-state index is 1.13. The van der Waals surface area contributed by atoms with Crippen LogP contribution in [0.2, 0.25) is 0 Å². The predicted molar refractivity (Wildman–Crippen MR) is 53.3 cm³/mol. The van der Waals surface area contributed by atoms with Crippen LogP contribution in [0.4, 0.5) is 0 Å². The summed E-state index contributed by atoms with van der Waals surface area (Å²) in [6.07, 6.45) is 7.17. The van der Waals surface area contributed by atoms with Crippen LogP contribution in [0.25, 0.3) is 0 Å². The molecule has 1 fully saturated rings. The third kappa shape index (κ3) is 4.12. The lowest BCUT2D eigenvalue weighted by Crippen LogP contribution is -2.29. The highest BCUT2D eigenvalue weighted by atomic mass is 79.9. The molecule has 0 atom stereocenters. The molecule has 0 aromatic carbocycles. The van der Waals surface area contributed by atoms with Gasteiger partial charge in [-0.15, -0.1) is 0 Å². The fraction of sp³-hybridized carbons (Fsp3) is 1.00. The lowest BCUT2D eigenvalue weighted by atomic mass is 10.1. The van der Waals surface area contributed by atoms with Crippen LogP contribution in [-0.4, -0.2) is 29.9 Å². The molecule has 0 aromatic rings. The van der Waals surface area contributed by atoms with Gasteiger partial charge in [0, 0.05) is 11.9 Å². The molecule has 0 spiro atoms. The minimum atomic E-state index is 1.13. The minimum Gasteiger partial charge on any atom is -0.303 e. The van der Waals surface area contributed by atoms with Crippen LogP contribution in [0.1, 0.15) is 32.1 Å². The molecule has 0 amide bonds. The quantitative estimate of drug-likeness (QED) is 0.646.